The van der Waals surface area contributed by atoms with Gasteiger partial charge in [0.15, 0.2) is 0 Å². The van der Waals surface area contributed by atoms with Gasteiger partial charge in [-0.25, -0.2) is 0 Å². The van der Waals surface area contributed by atoms with Crippen molar-refractivity contribution in [1.82, 2.24) is 5.32 Å². The smallest absolute Gasteiger partial charge is 0.251 e. The van der Waals surface area contributed by atoms with Crippen LogP contribution >= 0.6 is 27.7 Å². The summed E-state index contributed by atoms with van der Waals surface area (Å²) in [6, 6.07) is 13.6. The van der Waals surface area contributed by atoms with Gasteiger partial charge < -0.3 is 11.1 Å². The Kier molecular flexibility index (Phi) is 4.22. The maximum atomic E-state index is 12.4. The molecule has 2 aromatic rings. The van der Waals surface area contributed by atoms with Crippen LogP contribution in [0.3, 0.4) is 0 Å². The van der Waals surface area contributed by atoms with E-state index in [-0.39, 0.29) is 11.9 Å². The number of hydrogen-bond donors (Lipinski definition) is 2. The number of anilines is 1. The molecule has 21 heavy (non-hydrogen) atoms. The van der Waals surface area contributed by atoms with Gasteiger partial charge in [-0.15, -0.1) is 11.8 Å². The van der Waals surface area contributed by atoms with Crippen LogP contribution in [0, 0.1) is 0 Å². The number of nitrogens with two attached hydrogens (primary N) is 1. The van der Waals surface area contributed by atoms with E-state index in [1.807, 2.05) is 23.9 Å². The highest BCUT2D eigenvalue weighted by Crippen LogP contribution is 2.36. The lowest BCUT2D eigenvalue weighted by Crippen LogP contribution is -2.30. The number of carbonyl (C=O) groups is 1. The van der Waals surface area contributed by atoms with Gasteiger partial charge >= 0.3 is 0 Å². The molecule has 1 amide bonds. The number of carbonyl (C=O) groups excluding carboxylic acids is 1. The molecule has 2 aromatic carbocycles. The fourth-order valence-electron chi connectivity index (χ4n) is 2.40. The van der Waals surface area contributed by atoms with Gasteiger partial charge in [0.1, 0.15) is 0 Å². The Morgan fingerprint density at radius 2 is 2.10 bits per heavy atom. The van der Waals surface area contributed by atoms with Gasteiger partial charge in [-0.2, -0.15) is 0 Å². The van der Waals surface area contributed by atoms with Crippen molar-refractivity contribution in [2.75, 3.05) is 11.5 Å². The summed E-state index contributed by atoms with van der Waals surface area (Å²) >= 11 is 5.20. The van der Waals surface area contributed by atoms with Crippen molar-refractivity contribution in [3.8, 4) is 0 Å². The van der Waals surface area contributed by atoms with Crippen molar-refractivity contribution in [3.63, 3.8) is 0 Å². The maximum Gasteiger partial charge on any atom is 0.251 e. The zero-order valence-electron chi connectivity index (χ0n) is 11.3. The third kappa shape index (κ3) is 3.09. The highest BCUT2D eigenvalue weighted by Gasteiger charge is 2.22. The molecule has 0 fully saturated rings. The van der Waals surface area contributed by atoms with E-state index < -0.39 is 0 Å². The molecule has 0 bridgehead atoms. The minimum atomic E-state index is -0.0672. The summed E-state index contributed by atoms with van der Waals surface area (Å²) < 4.78 is 0.745. The second-order valence-electron chi connectivity index (χ2n) is 4.94. The maximum absolute atomic E-state index is 12.4. The number of hydrogen-bond acceptors (Lipinski definition) is 3. The number of amides is 1. The summed E-state index contributed by atoms with van der Waals surface area (Å²) in [4.78, 5) is 13.7. The largest absolute Gasteiger partial charge is 0.398 e. The summed E-state index contributed by atoms with van der Waals surface area (Å²) in [6.45, 7) is 0. The topological polar surface area (TPSA) is 55.1 Å². The van der Waals surface area contributed by atoms with Gasteiger partial charge in [0.25, 0.3) is 5.91 Å². The van der Waals surface area contributed by atoms with Crippen LogP contribution in [0.4, 0.5) is 5.69 Å². The molecule has 3 N–H and O–H groups in total. The number of halogens is 1. The van der Waals surface area contributed by atoms with Crippen LogP contribution in [-0.4, -0.2) is 11.7 Å². The molecule has 1 heterocycles. The zero-order valence-corrected chi connectivity index (χ0v) is 13.7. The highest BCUT2D eigenvalue weighted by molar-refractivity contribution is 9.10. The van der Waals surface area contributed by atoms with Crippen molar-refractivity contribution >= 4 is 39.3 Å². The molecule has 0 spiro atoms. The standard InChI is InChI=1S/C16H15BrN2OS/c17-12-9-10(5-6-13(12)18)16(20)19-14-7-8-21-15-4-2-1-3-11(14)15/h1-6,9,14H,7-8,18H2,(H,19,20). The number of thioether (sulfide) groups is 1. The molecule has 1 atom stereocenters. The predicted molar refractivity (Wildman–Crippen MR) is 90.5 cm³/mol. The molecule has 0 aromatic heterocycles. The van der Waals surface area contributed by atoms with Crippen LogP contribution in [0.2, 0.25) is 0 Å². The Morgan fingerprint density at radius 3 is 2.90 bits per heavy atom. The molecular formula is C16H15BrN2OS. The van der Waals surface area contributed by atoms with E-state index >= 15 is 0 Å². The molecule has 0 saturated heterocycles. The molecule has 5 heteroatoms. The van der Waals surface area contributed by atoms with Gasteiger partial charge in [-0.1, -0.05) is 18.2 Å². The zero-order chi connectivity index (χ0) is 14.8. The number of fused-ring (bicyclic) bond motifs is 1. The minimum Gasteiger partial charge on any atom is -0.398 e. The summed E-state index contributed by atoms with van der Waals surface area (Å²) in [5.74, 6) is 0.954. The lowest BCUT2D eigenvalue weighted by atomic mass is 10.0. The number of nitrogen functional groups attached to an aromatic ring is 1. The lowest BCUT2D eigenvalue weighted by molar-refractivity contribution is 0.0935. The molecule has 0 radical (unpaired) electrons. The molecule has 1 aliphatic heterocycles. The van der Waals surface area contributed by atoms with Gasteiger partial charge in [0.05, 0.1) is 6.04 Å². The van der Waals surface area contributed by atoms with E-state index in [2.05, 4.69) is 33.4 Å². The van der Waals surface area contributed by atoms with Crippen LogP contribution in [0.1, 0.15) is 28.4 Å². The summed E-state index contributed by atoms with van der Waals surface area (Å²) in [6.07, 6.45) is 0.948. The Bertz CT molecular complexity index is 690. The number of nitrogens with one attached hydrogen (secondary N) is 1. The molecule has 1 unspecified atom stereocenters. The first-order valence-corrected chi connectivity index (χ1v) is 8.50. The highest BCUT2D eigenvalue weighted by atomic mass is 79.9. The normalized spacial score (nSPS) is 17.1. The average molecular weight is 363 g/mol. The minimum absolute atomic E-state index is 0.0672. The number of rotatable bonds is 2. The Labute approximate surface area is 136 Å². The first-order chi connectivity index (χ1) is 10.1. The molecule has 0 saturated carbocycles. The Morgan fingerprint density at radius 1 is 1.29 bits per heavy atom. The predicted octanol–water partition coefficient (Wildman–Crippen LogP) is 4.00. The monoisotopic (exact) mass is 362 g/mol. The van der Waals surface area contributed by atoms with Crippen LogP contribution in [0.25, 0.3) is 0 Å². The van der Waals surface area contributed by atoms with Crippen molar-refractivity contribution in [1.29, 1.82) is 0 Å². The molecule has 1 aliphatic rings. The van der Waals surface area contributed by atoms with E-state index in [9.17, 15) is 4.79 Å². The molecule has 0 aliphatic carbocycles. The van der Waals surface area contributed by atoms with Gasteiger partial charge in [0, 0.05) is 26.4 Å². The first kappa shape index (κ1) is 14.5. The van der Waals surface area contributed by atoms with Gasteiger partial charge in [0.2, 0.25) is 0 Å². The quantitative estimate of drug-likeness (QED) is 0.793. The Hall–Kier alpha value is -1.46. The van der Waals surface area contributed by atoms with Crippen LogP contribution in [0.5, 0.6) is 0 Å². The van der Waals surface area contributed by atoms with E-state index in [1.165, 1.54) is 10.5 Å². The van der Waals surface area contributed by atoms with Gasteiger partial charge in [-0.05, 0) is 52.2 Å². The van der Waals surface area contributed by atoms with E-state index in [0.717, 1.165) is 16.6 Å². The van der Waals surface area contributed by atoms with Crippen LogP contribution in [-0.2, 0) is 0 Å². The third-order valence-corrected chi connectivity index (χ3v) is 5.34. The summed E-state index contributed by atoms with van der Waals surface area (Å²) in [7, 11) is 0. The summed E-state index contributed by atoms with van der Waals surface area (Å²) in [5.41, 5.74) is 8.21. The van der Waals surface area contributed by atoms with Crippen LogP contribution < -0.4 is 11.1 Å². The Balaban J connectivity index is 1.81. The van der Waals surface area contributed by atoms with Crippen molar-refractivity contribution < 1.29 is 4.79 Å². The molecular weight excluding hydrogens is 348 g/mol. The van der Waals surface area contributed by atoms with Crippen molar-refractivity contribution in [2.45, 2.75) is 17.4 Å². The second kappa shape index (κ2) is 6.12. The average Bonchev–Trinajstić information content (AvgIpc) is 2.50. The van der Waals surface area contributed by atoms with E-state index in [4.69, 9.17) is 5.73 Å². The first-order valence-electron chi connectivity index (χ1n) is 6.73. The fourth-order valence-corrected chi connectivity index (χ4v) is 3.91. The molecule has 3 rings (SSSR count). The second-order valence-corrected chi connectivity index (χ2v) is 6.93. The fraction of sp³-hybridized carbons (Fsp3) is 0.188. The molecule has 3 nitrogen and oxygen atoms in total. The SMILES string of the molecule is Nc1ccc(C(=O)NC2CCSc3ccccc32)cc1Br. The van der Waals surface area contributed by atoms with Crippen LogP contribution in [0.15, 0.2) is 51.8 Å². The van der Waals surface area contributed by atoms with Gasteiger partial charge in [-0.3, -0.25) is 4.79 Å². The lowest BCUT2D eigenvalue weighted by Gasteiger charge is -2.26. The molecule has 108 valence electrons. The van der Waals surface area contributed by atoms with E-state index in [0.29, 0.717) is 11.3 Å². The number of benzene rings is 2. The van der Waals surface area contributed by atoms with Crippen molar-refractivity contribution in [3.05, 3.63) is 58.1 Å². The third-order valence-electron chi connectivity index (χ3n) is 3.53. The van der Waals surface area contributed by atoms with E-state index in [1.54, 1.807) is 18.2 Å². The summed E-state index contributed by atoms with van der Waals surface area (Å²) in [5, 5.41) is 3.12. The van der Waals surface area contributed by atoms with Crippen molar-refractivity contribution in [2.24, 2.45) is 0 Å².